The molecule has 1 aromatic carbocycles. The van der Waals surface area contributed by atoms with Crippen LogP contribution in [0.15, 0.2) is 18.2 Å². The van der Waals surface area contributed by atoms with E-state index in [0.717, 1.165) is 18.5 Å². The fourth-order valence-electron chi connectivity index (χ4n) is 2.50. The van der Waals surface area contributed by atoms with Crippen molar-refractivity contribution in [2.75, 3.05) is 6.54 Å². The van der Waals surface area contributed by atoms with E-state index in [1.165, 1.54) is 12.8 Å². The van der Waals surface area contributed by atoms with Gasteiger partial charge in [0.2, 0.25) is 0 Å². The van der Waals surface area contributed by atoms with Crippen LogP contribution < -0.4 is 5.32 Å². The molecular formula is C14H19ClFN. The number of benzene rings is 1. The third kappa shape index (κ3) is 2.80. The summed E-state index contributed by atoms with van der Waals surface area (Å²) in [6.45, 7) is 5.33. The first-order valence-corrected chi connectivity index (χ1v) is 6.62. The summed E-state index contributed by atoms with van der Waals surface area (Å²) in [6, 6.07) is 5.65. The second-order valence-electron chi connectivity index (χ2n) is 5.07. The summed E-state index contributed by atoms with van der Waals surface area (Å²) in [7, 11) is 0. The van der Waals surface area contributed by atoms with Crippen LogP contribution in [0.2, 0.25) is 5.02 Å². The summed E-state index contributed by atoms with van der Waals surface area (Å²) < 4.78 is 13.4. The number of halogens is 2. The van der Waals surface area contributed by atoms with Crippen LogP contribution in [-0.2, 0) is 6.42 Å². The molecule has 1 aromatic rings. The van der Waals surface area contributed by atoms with Crippen LogP contribution in [0.1, 0.15) is 32.3 Å². The highest BCUT2D eigenvalue weighted by molar-refractivity contribution is 6.30. The third-order valence-electron chi connectivity index (χ3n) is 3.86. The second-order valence-corrected chi connectivity index (χ2v) is 5.47. The summed E-state index contributed by atoms with van der Waals surface area (Å²) in [4.78, 5) is 0. The summed E-state index contributed by atoms with van der Waals surface area (Å²) in [5, 5.41) is 3.68. The van der Waals surface area contributed by atoms with E-state index < -0.39 is 0 Å². The lowest BCUT2D eigenvalue weighted by Gasteiger charge is -2.24. The third-order valence-corrected chi connectivity index (χ3v) is 4.17. The zero-order valence-electron chi connectivity index (χ0n) is 10.4. The van der Waals surface area contributed by atoms with E-state index in [4.69, 9.17) is 11.6 Å². The first kappa shape index (κ1) is 12.8. The van der Waals surface area contributed by atoms with Crippen LogP contribution >= 0.6 is 11.6 Å². The quantitative estimate of drug-likeness (QED) is 0.844. The molecule has 0 amide bonds. The molecule has 0 bridgehead atoms. The minimum absolute atomic E-state index is 0.207. The Bertz CT molecular complexity index is 401. The average molecular weight is 256 g/mol. The zero-order chi connectivity index (χ0) is 12.5. The van der Waals surface area contributed by atoms with Gasteiger partial charge in [-0.2, -0.15) is 0 Å². The minimum Gasteiger partial charge on any atom is -0.314 e. The number of hydrogen-bond donors (Lipinski definition) is 1. The molecule has 1 saturated carbocycles. The summed E-state index contributed by atoms with van der Waals surface area (Å²) in [5.74, 6) is -0.309. The van der Waals surface area contributed by atoms with Gasteiger partial charge in [0, 0.05) is 6.04 Å². The fourth-order valence-corrected chi connectivity index (χ4v) is 2.62. The molecule has 0 radical (unpaired) electrons. The highest BCUT2D eigenvalue weighted by atomic mass is 35.5. The van der Waals surface area contributed by atoms with Crippen LogP contribution in [0, 0.1) is 11.2 Å². The van der Waals surface area contributed by atoms with Crippen molar-refractivity contribution >= 4 is 11.6 Å². The van der Waals surface area contributed by atoms with Crippen molar-refractivity contribution in [3.63, 3.8) is 0 Å². The van der Waals surface area contributed by atoms with E-state index in [1.807, 2.05) is 6.07 Å². The highest BCUT2D eigenvalue weighted by Crippen LogP contribution is 2.51. The Kier molecular flexibility index (Phi) is 3.74. The van der Waals surface area contributed by atoms with E-state index in [0.29, 0.717) is 11.5 Å². The largest absolute Gasteiger partial charge is 0.314 e. The maximum Gasteiger partial charge on any atom is 0.142 e. The molecule has 1 nitrogen and oxygen atoms in total. The Labute approximate surface area is 107 Å². The maximum absolute atomic E-state index is 13.4. The molecule has 3 heteroatoms. The molecule has 1 N–H and O–H groups in total. The molecule has 1 aliphatic carbocycles. The predicted octanol–water partition coefficient (Wildman–Crippen LogP) is 3.80. The molecule has 1 aliphatic rings. The lowest BCUT2D eigenvalue weighted by molar-refractivity contribution is 0.355. The van der Waals surface area contributed by atoms with Gasteiger partial charge in [-0.05, 0) is 55.8 Å². The Balaban J connectivity index is 2.07. The van der Waals surface area contributed by atoms with Gasteiger partial charge in [-0.15, -0.1) is 0 Å². The zero-order valence-corrected chi connectivity index (χ0v) is 11.1. The molecule has 0 aliphatic heterocycles. The standard InChI is InChI=1S/C14H19ClFN/c1-3-17-10(2)14(6-7-14)9-11-4-5-12(15)13(16)8-11/h4-5,8,10,17H,3,6-7,9H2,1-2H3. The average Bonchev–Trinajstić information content (AvgIpc) is 3.05. The van der Waals surface area contributed by atoms with Gasteiger partial charge in [0.05, 0.1) is 5.02 Å². The molecule has 94 valence electrons. The van der Waals surface area contributed by atoms with Gasteiger partial charge in [0.25, 0.3) is 0 Å². The molecular weight excluding hydrogens is 237 g/mol. The minimum atomic E-state index is -0.309. The van der Waals surface area contributed by atoms with E-state index in [1.54, 1.807) is 12.1 Å². The van der Waals surface area contributed by atoms with Gasteiger partial charge in [-0.1, -0.05) is 24.6 Å². The Morgan fingerprint density at radius 3 is 2.71 bits per heavy atom. The van der Waals surface area contributed by atoms with E-state index in [9.17, 15) is 4.39 Å². The monoisotopic (exact) mass is 255 g/mol. The van der Waals surface area contributed by atoms with Crippen LogP contribution in [0.25, 0.3) is 0 Å². The molecule has 0 aromatic heterocycles. The second kappa shape index (κ2) is 4.95. The Morgan fingerprint density at radius 2 is 2.18 bits per heavy atom. The fraction of sp³-hybridized carbons (Fsp3) is 0.571. The molecule has 0 heterocycles. The van der Waals surface area contributed by atoms with E-state index in [-0.39, 0.29) is 10.8 Å². The van der Waals surface area contributed by atoms with Gasteiger partial charge in [0.1, 0.15) is 5.82 Å². The van der Waals surface area contributed by atoms with Crippen molar-refractivity contribution < 1.29 is 4.39 Å². The smallest absolute Gasteiger partial charge is 0.142 e. The van der Waals surface area contributed by atoms with E-state index in [2.05, 4.69) is 19.2 Å². The summed E-state index contributed by atoms with van der Waals surface area (Å²) >= 11 is 5.69. The van der Waals surface area contributed by atoms with Crippen molar-refractivity contribution in [2.24, 2.45) is 5.41 Å². The van der Waals surface area contributed by atoms with Crippen molar-refractivity contribution in [3.8, 4) is 0 Å². The number of hydrogen-bond acceptors (Lipinski definition) is 1. The molecule has 17 heavy (non-hydrogen) atoms. The van der Waals surface area contributed by atoms with Crippen molar-refractivity contribution in [3.05, 3.63) is 34.6 Å². The molecule has 1 fully saturated rings. The number of nitrogens with one attached hydrogen (secondary N) is 1. The predicted molar refractivity (Wildman–Crippen MR) is 69.9 cm³/mol. The molecule has 0 saturated heterocycles. The first-order valence-electron chi connectivity index (χ1n) is 6.25. The van der Waals surface area contributed by atoms with Crippen molar-refractivity contribution in [2.45, 2.75) is 39.2 Å². The molecule has 0 spiro atoms. The topological polar surface area (TPSA) is 12.0 Å². The van der Waals surface area contributed by atoms with Crippen LogP contribution in [0.5, 0.6) is 0 Å². The van der Waals surface area contributed by atoms with Gasteiger partial charge < -0.3 is 5.32 Å². The van der Waals surface area contributed by atoms with Crippen LogP contribution in [0.3, 0.4) is 0 Å². The van der Waals surface area contributed by atoms with Gasteiger partial charge >= 0.3 is 0 Å². The normalized spacial score (nSPS) is 19.1. The first-order chi connectivity index (χ1) is 8.07. The highest BCUT2D eigenvalue weighted by Gasteiger charge is 2.46. The lowest BCUT2D eigenvalue weighted by Crippen LogP contribution is -2.35. The summed E-state index contributed by atoms with van der Waals surface area (Å²) in [5.41, 5.74) is 1.38. The number of rotatable bonds is 5. The Morgan fingerprint density at radius 1 is 1.47 bits per heavy atom. The van der Waals surface area contributed by atoms with Crippen molar-refractivity contribution in [1.82, 2.24) is 5.32 Å². The lowest BCUT2D eigenvalue weighted by atomic mass is 9.90. The van der Waals surface area contributed by atoms with Crippen molar-refractivity contribution in [1.29, 1.82) is 0 Å². The summed E-state index contributed by atoms with van der Waals surface area (Å²) in [6.07, 6.45) is 3.39. The Hall–Kier alpha value is -0.600. The molecule has 1 unspecified atom stereocenters. The molecule has 1 atom stereocenters. The maximum atomic E-state index is 13.4. The van der Waals surface area contributed by atoms with Gasteiger partial charge in [-0.25, -0.2) is 4.39 Å². The van der Waals surface area contributed by atoms with Crippen LogP contribution in [0.4, 0.5) is 4.39 Å². The van der Waals surface area contributed by atoms with E-state index >= 15 is 0 Å². The van der Waals surface area contributed by atoms with Crippen LogP contribution in [-0.4, -0.2) is 12.6 Å². The van der Waals surface area contributed by atoms with Gasteiger partial charge in [0.15, 0.2) is 0 Å². The van der Waals surface area contributed by atoms with Gasteiger partial charge in [-0.3, -0.25) is 0 Å². The SMILES string of the molecule is CCNC(C)C1(Cc2ccc(Cl)c(F)c2)CC1. The molecule has 2 rings (SSSR count).